The summed E-state index contributed by atoms with van der Waals surface area (Å²) in [6.45, 7) is 4.44. The zero-order valence-electron chi connectivity index (χ0n) is 11.9. The Bertz CT molecular complexity index is 488. The molecule has 0 aliphatic carbocycles. The highest BCUT2D eigenvalue weighted by Crippen LogP contribution is 2.34. The molecule has 2 rings (SSSR count). The van der Waals surface area contributed by atoms with E-state index >= 15 is 0 Å². The fraction of sp³-hybridized carbons (Fsp3) is 0.533. The van der Waals surface area contributed by atoms with Crippen molar-refractivity contribution in [2.24, 2.45) is 11.7 Å². The Morgan fingerprint density at radius 2 is 2.20 bits per heavy atom. The summed E-state index contributed by atoms with van der Waals surface area (Å²) in [6.07, 6.45) is 0.342. The smallest absolute Gasteiger partial charge is 0.265 e. The number of anilines is 1. The van der Waals surface area contributed by atoms with Crippen LogP contribution in [0.5, 0.6) is 5.75 Å². The average molecular weight is 278 g/mol. The summed E-state index contributed by atoms with van der Waals surface area (Å²) < 4.78 is 5.71. The van der Waals surface area contributed by atoms with Crippen LogP contribution in [0.4, 0.5) is 5.69 Å². The number of rotatable bonds is 5. The number of carbonyl (C=O) groups excluding carboxylic acids is 1. The van der Waals surface area contributed by atoms with Gasteiger partial charge in [-0.2, -0.15) is 0 Å². The number of hydrogen-bond donors (Lipinski definition) is 3. The maximum atomic E-state index is 11.9. The third-order valence-electron chi connectivity index (χ3n) is 3.45. The monoisotopic (exact) mass is 278 g/mol. The van der Waals surface area contributed by atoms with Crippen molar-refractivity contribution < 1.29 is 14.6 Å². The van der Waals surface area contributed by atoms with Crippen molar-refractivity contribution in [2.75, 3.05) is 11.9 Å². The molecule has 0 radical (unpaired) electrons. The topological polar surface area (TPSA) is 84.6 Å². The zero-order chi connectivity index (χ0) is 14.7. The standard InChI is InChI=1S/C15H22N2O3/c1-9(2)14-15(19)17-11-8-10(5-6-13(11)20-14)12(18)4-3-7-16/h5-6,8-9,12,14,18H,3-4,7,16H2,1-2H3,(H,17,19). The first-order valence-electron chi connectivity index (χ1n) is 7.02. The molecule has 4 N–H and O–H groups in total. The van der Waals surface area contributed by atoms with Crippen LogP contribution in [-0.2, 0) is 4.79 Å². The van der Waals surface area contributed by atoms with Crippen molar-refractivity contribution in [3.63, 3.8) is 0 Å². The van der Waals surface area contributed by atoms with E-state index in [1.165, 1.54) is 0 Å². The lowest BCUT2D eigenvalue weighted by atomic mass is 10.0. The quantitative estimate of drug-likeness (QED) is 0.767. The van der Waals surface area contributed by atoms with E-state index in [1.807, 2.05) is 19.9 Å². The molecule has 1 aliphatic heterocycles. The Balaban J connectivity index is 2.17. The van der Waals surface area contributed by atoms with E-state index in [9.17, 15) is 9.90 Å². The number of fused-ring (bicyclic) bond motifs is 1. The van der Waals surface area contributed by atoms with Crippen molar-refractivity contribution >= 4 is 11.6 Å². The Hall–Kier alpha value is -1.59. The second-order valence-corrected chi connectivity index (χ2v) is 5.47. The molecule has 110 valence electrons. The van der Waals surface area contributed by atoms with Crippen LogP contribution >= 0.6 is 0 Å². The zero-order valence-corrected chi connectivity index (χ0v) is 11.9. The van der Waals surface area contributed by atoms with Crippen molar-refractivity contribution in [1.29, 1.82) is 0 Å². The van der Waals surface area contributed by atoms with Crippen LogP contribution in [0, 0.1) is 5.92 Å². The van der Waals surface area contributed by atoms with Crippen LogP contribution in [-0.4, -0.2) is 23.7 Å². The predicted octanol–water partition coefficient (Wildman–Crippen LogP) is 1.81. The molecule has 2 atom stereocenters. The molecule has 5 nitrogen and oxygen atoms in total. The van der Waals surface area contributed by atoms with Gasteiger partial charge in [-0.3, -0.25) is 4.79 Å². The van der Waals surface area contributed by atoms with Gasteiger partial charge < -0.3 is 20.9 Å². The molecular formula is C15H22N2O3. The largest absolute Gasteiger partial charge is 0.478 e. The van der Waals surface area contributed by atoms with Crippen LogP contribution in [0.2, 0.25) is 0 Å². The van der Waals surface area contributed by atoms with E-state index in [0.29, 0.717) is 24.4 Å². The van der Waals surface area contributed by atoms with Gasteiger partial charge in [-0.15, -0.1) is 0 Å². The predicted molar refractivity (Wildman–Crippen MR) is 77.6 cm³/mol. The van der Waals surface area contributed by atoms with Crippen LogP contribution < -0.4 is 15.8 Å². The van der Waals surface area contributed by atoms with Gasteiger partial charge in [0.05, 0.1) is 11.8 Å². The molecule has 0 fully saturated rings. The van der Waals surface area contributed by atoms with Gasteiger partial charge in [0.1, 0.15) is 5.75 Å². The second-order valence-electron chi connectivity index (χ2n) is 5.47. The highest BCUT2D eigenvalue weighted by Gasteiger charge is 2.30. The van der Waals surface area contributed by atoms with Gasteiger partial charge in [-0.1, -0.05) is 19.9 Å². The van der Waals surface area contributed by atoms with Gasteiger partial charge in [0, 0.05) is 0 Å². The molecule has 5 heteroatoms. The summed E-state index contributed by atoms with van der Waals surface area (Å²) in [5.74, 6) is 0.622. The number of hydrogen-bond acceptors (Lipinski definition) is 4. The highest BCUT2D eigenvalue weighted by atomic mass is 16.5. The Morgan fingerprint density at radius 1 is 1.45 bits per heavy atom. The SMILES string of the molecule is CC(C)C1Oc2ccc(C(O)CCCN)cc2NC1=O. The van der Waals surface area contributed by atoms with Gasteiger partial charge in [0.15, 0.2) is 6.10 Å². The van der Waals surface area contributed by atoms with E-state index in [0.717, 1.165) is 12.0 Å². The molecule has 1 heterocycles. The van der Waals surface area contributed by atoms with Crippen LogP contribution in [0.15, 0.2) is 18.2 Å². The molecule has 0 saturated carbocycles. The average Bonchev–Trinajstić information content (AvgIpc) is 2.43. The number of nitrogens with one attached hydrogen (secondary N) is 1. The third-order valence-corrected chi connectivity index (χ3v) is 3.45. The van der Waals surface area contributed by atoms with E-state index in [4.69, 9.17) is 10.5 Å². The van der Waals surface area contributed by atoms with Crippen molar-refractivity contribution in [2.45, 2.75) is 38.9 Å². The van der Waals surface area contributed by atoms with Gasteiger partial charge >= 0.3 is 0 Å². The first-order valence-corrected chi connectivity index (χ1v) is 7.02. The highest BCUT2D eigenvalue weighted by molar-refractivity contribution is 5.98. The molecule has 0 bridgehead atoms. The summed E-state index contributed by atoms with van der Waals surface area (Å²) >= 11 is 0. The number of benzene rings is 1. The minimum atomic E-state index is -0.566. The first kappa shape index (κ1) is 14.8. The number of nitrogens with two attached hydrogens (primary N) is 1. The van der Waals surface area contributed by atoms with Crippen molar-refractivity contribution in [3.8, 4) is 5.75 Å². The molecule has 1 aromatic rings. The lowest BCUT2D eigenvalue weighted by molar-refractivity contribution is -0.125. The van der Waals surface area contributed by atoms with E-state index in [2.05, 4.69) is 5.32 Å². The van der Waals surface area contributed by atoms with Gasteiger partial charge in [0.25, 0.3) is 5.91 Å². The molecule has 0 saturated heterocycles. The van der Waals surface area contributed by atoms with Gasteiger partial charge in [-0.25, -0.2) is 0 Å². The van der Waals surface area contributed by atoms with Crippen LogP contribution in [0.25, 0.3) is 0 Å². The maximum absolute atomic E-state index is 11.9. The minimum Gasteiger partial charge on any atom is -0.478 e. The fourth-order valence-corrected chi connectivity index (χ4v) is 2.27. The fourth-order valence-electron chi connectivity index (χ4n) is 2.27. The number of aliphatic hydroxyl groups excluding tert-OH is 1. The van der Waals surface area contributed by atoms with Crippen molar-refractivity contribution in [1.82, 2.24) is 0 Å². The summed E-state index contributed by atoms with van der Waals surface area (Å²) in [6, 6.07) is 5.39. The molecule has 0 spiro atoms. The van der Waals surface area contributed by atoms with E-state index < -0.39 is 12.2 Å². The number of carbonyl (C=O) groups is 1. The molecular weight excluding hydrogens is 256 g/mol. The molecule has 0 aromatic heterocycles. The van der Waals surface area contributed by atoms with Crippen LogP contribution in [0.1, 0.15) is 38.4 Å². The number of ether oxygens (including phenoxy) is 1. The Labute approximate surface area is 119 Å². The van der Waals surface area contributed by atoms with Gasteiger partial charge in [0.2, 0.25) is 0 Å². The third kappa shape index (κ3) is 3.11. The normalized spacial score (nSPS) is 19.2. The first-order chi connectivity index (χ1) is 9.52. The minimum absolute atomic E-state index is 0.109. The van der Waals surface area contributed by atoms with E-state index in [-0.39, 0.29) is 11.8 Å². The summed E-state index contributed by atoms with van der Waals surface area (Å²) in [5.41, 5.74) is 6.83. The molecule has 2 unspecified atom stereocenters. The van der Waals surface area contributed by atoms with Crippen LogP contribution in [0.3, 0.4) is 0 Å². The van der Waals surface area contributed by atoms with Crippen molar-refractivity contribution in [3.05, 3.63) is 23.8 Å². The second kappa shape index (κ2) is 6.24. The molecule has 1 amide bonds. The molecule has 1 aliphatic rings. The summed E-state index contributed by atoms with van der Waals surface area (Å²) in [4.78, 5) is 11.9. The lowest BCUT2D eigenvalue weighted by Crippen LogP contribution is -2.40. The lowest BCUT2D eigenvalue weighted by Gasteiger charge is -2.28. The molecule has 1 aromatic carbocycles. The number of amides is 1. The van der Waals surface area contributed by atoms with E-state index in [1.54, 1.807) is 12.1 Å². The number of aliphatic hydroxyl groups is 1. The molecule has 20 heavy (non-hydrogen) atoms. The van der Waals surface area contributed by atoms with Gasteiger partial charge in [-0.05, 0) is 43.0 Å². The summed E-state index contributed by atoms with van der Waals surface area (Å²) in [5, 5.41) is 12.9. The Kier molecular flexibility index (Phi) is 4.62. The Morgan fingerprint density at radius 3 is 2.85 bits per heavy atom. The maximum Gasteiger partial charge on any atom is 0.265 e. The summed E-state index contributed by atoms with van der Waals surface area (Å²) in [7, 11) is 0.